The van der Waals surface area contributed by atoms with Crippen LogP contribution < -0.4 is 20.5 Å². The Morgan fingerprint density at radius 2 is 1.97 bits per heavy atom. The minimum atomic E-state index is 0. The van der Waals surface area contributed by atoms with Crippen molar-refractivity contribution in [2.45, 2.75) is 6.54 Å². The lowest BCUT2D eigenvalue weighted by Crippen LogP contribution is -2.38. The van der Waals surface area contributed by atoms with E-state index >= 15 is 0 Å². The maximum Gasteiger partial charge on any atom is 0.193 e. The van der Waals surface area contributed by atoms with Gasteiger partial charge in [-0.05, 0) is 18.2 Å². The van der Waals surface area contributed by atoms with E-state index in [0.29, 0.717) is 19.1 Å². The van der Waals surface area contributed by atoms with Crippen molar-refractivity contribution in [1.82, 2.24) is 4.90 Å². The molecule has 29 heavy (non-hydrogen) atoms. The summed E-state index contributed by atoms with van der Waals surface area (Å²) >= 11 is 0. The first-order valence-corrected chi connectivity index (χ1v) is 9.46. The second-order valence-corrected chi connectivity index (χ2v) is 6.47. The fourth-order valence-electron chi connectivity index (χ4n) is 2.94. The Morgan fingerprint density at radius 1 is 1.17 bits per heavy atom. The van der Waals surface area contributed by atoms with Crippen molar-refractivity contribution in [2.24, 2.45) is 10.7 Å². The highest BCUT2D eigenvalue weighted by atomic mass is 127. The number of hydrogen-bond donors (Lipinski definition) is 2. The maximum absolute atomic E-state index is 6.03. The molecule has 1 fully saturated rings. The summed E-state index contributed by atoms with van der Waals surface area (Å²) < 4.78 is 16.6. The van der Waals surface area contributed by atoms with Crippen molar-refractivity contribution in [3.63, 3.8) is 0 Å². The van der Waals surface area contributed by atoms with Crippen molar-refractivity contribution >= 4 is 35.6 Å². The number of methoxy groups -OCH3 is 1. The number of anilines is 1. The maximum atomic E-state index is 6.03. The summed E-state index contributed by atoms with van der Waals surface area (Å²) in [5.41, 5.74) is 7.86. The molecule has 0 aliphatic carbocycles. The lowest BCUT2D eigenvalue weighted by Gasteiger charge is -2.26. The molecule has 1 heterocycles. The fourth-order valence-corrected chi connectivity index (χ4v) is 2.94. The zero-order valence-corrected chi connectivity index (χ0v) is 19.0. The summed E-state index contributed by atoms with van der Waals surface area (Å²) in [6, 6.07) is 15.5. The molecule has 1 aliphatic rings. The summed E-state index contributed by atoms with van der Waals surface area (Å²) in [4.78, 5) is 6.79. The topological polar surface area (TPSA) is 81.3 Å². The predicted molar refractivity (Wildman–Crippen MR) is 127 cm³/mol. The molecule has 158 valence electrons. The van der Waals surface area contributed by atoms with Gasteiger partial charge in [0.1, 0.15) is 18.1 Å². The smallest absolute Gasteiger partial charge is 0.193 e. The largest absolute Gasteiger partial charge is 0.497 e. The van der Waals surface area contributed by atoms with Crippen LogP contribution in [0.4, 0.5) is 5.69 Å². The summed E-state index contributed by atoms with van der Waals surface area (Å²) in [7, 11) is 1.63. The van der Waals surface area contributed by atoms with Crippen LogP contribution in [0.2, 0.25) is 0 Å². The first-order valence-electron chi connectivity index (χ1n) is 9.46. The Morgan fingerprint density at radius 3 is 2.76 bits per heavy atom. The molecule has 0 unspecified atom stereocenters. The van der Waals surface area contributed by atoms with Gasteiger partial charge in [0.25, 0.3) is 0 Å². The molecule has 0 spiro atoms. The van der Waals surface area contributed by atoms with Gasteiger partial charge in [0, 0.05) is 37.0 Å². The first kappa shape index (κ1) is 23.2. The predicted octanol–water partition coefficient (Wildman–Crippen LogP) is 2.95. The molecule has 8 heteroatoms. The summed E-state index contributed by atoms with van der Waals surface area (Å²) in [6.45, 7) is 5.48. The van der Waals surface area contributed by atoms with Gasteiger partial charge in [-0.15, -0.1) is 24.0 Å². The average Bonchev–Trinajstić information content (AvgIpc) is 2.74. The van der Waals surface area contributed by atoms with E-state index in [0.717, 1.165) is 55.6 Å². The zero-order chi connectivity index (χ0) is 19.6. The first-order chi connectivity index (χ1) is 13.7. The van der Waals surface area contributed by atoms with E-state index in [-0.39, 0.29) is 24.0 Å². The number of halogens is 1. The third-order valence-corrected chi connectivity index (χ3v) is 4.50. The molecule has 0 aromatic heterocycles. The van der Waals surface area contributed by atoms with E-state index in [2.05, 4.69) is 15.2 Å². The van der Waals surface area contributed by atoms with Gasteiger partial charge < -0.3 is 25.3 Å². The average molecular weight is 512 g/mol. The minimum absolute atomic E-state index is 0. The van der Waals surface area contributed by atoms with Gasteiger partial charge in [0.15, 0.2) is 5.96 Å². The number of hydrogen-bond acceptors (Lipinski definition) is 5. The lowest BCUT2D eigenvalue weighted by atomic mass is 10.2. The Labute approximate surface area is 189 Å². The van der Waals surface area contributed by atoms with Crippen LogP contribution >= 0.6 is 24.0 Å². The van der Waals surface area contributed by atoms with Crippen molar-refractivity contribution in [1.29, 1.82) is 0 Å². The zero-order valence-electron chi connectivity index (χ0n) is 16.7. The number of guanidine groups is 1. The van der Waals surface area contributed by atoms with Crippen LogP contribution in [0.15, 0.2) is 53.5 Å². The van der Waals surface area contributed by atoms with E-state index in [1.54, 1.807) is 7.11 Å². The third kappa shape index (κ3) is 7.71. The standard InChI is InChI=1S/C21H28N4O3.HI/c1-26-19-7-4-6-18(15-19)24-21(22)23-16-17-5-2-3-8-20(17)28-14-11-25-9-12-27-13-10-25;/h2-8,15H,9-14,16H2,1H3,(H3,22,23,24);1H. The number of aliphatic imine (C=N–C) groups is 1. The minimum Gasteiger partial charge on any atom is -0.497 e. The highest BCUT2D eigenvalue weighted by molar-refractivity contribution is 14.0. The van der Waals surface area contributed by atoms with Gasteiger partial charge in [-0.1, -0.05) is 24.3 Å². The molecule has 1 aliphatic heterocycles. The number of nitrogens with two attached hydrogens (primary N) is 1. The fraction of sp³-hybridized carbons (Fsp3) is 0.381. The molecule has 0 radical (unpaired) electrons. The molecular weight excluding hydrogens is 483 g/mol. The second kappa shape index (κ2) is 12.5. The van der Waals surface area contributed by atoms with Crippen LogP contribution in [0.1, 0.15) is 5.56 Å². The third-order valence-electron chi connectivity index (χ3n) is 4.50. The highest BCUT2D eigenvalue weighted by Crippen LogP contribution is 2.19. The quantitative estimate of drug-likeness (QED) is 0.322. The van der Waals surface area contributed by atoms with E-state index in [1.807, 2.05) is 48.5 Å². The van der Waals surface area contributed by atoms with E-state index in [1.165, 1.54) is 0 Å². The molecule has 7 nitrogen and oxygen atoms in total. The monoisotopic (exact) mass is 512 g/mol. The Hall–Kier alpha value is -2.04. The van der Waals surface area contributed by atoms with Crippen LogP contribution in [-0.2, 0) is 11.3 Å². The normalized spacial score (nSPS) is 14.7. The molecule has 0 saturated carbocycles. The number of para-hydroxylation sites is 1. The number of nitrogens with zero attached hydrogens (tertiary/aromatic N) is 2. The summed E-state index contributed by atoms with van der Waals surface area (Å²) in [6.07, 6.45) is 0. The second-order valence-electron chi connectivity index (χ2n) is 6.47. The van der Waals surface area contributed by atoms with Crippen molar-refractivity contribution in [3.05, 3.63) is 54.1 Å². The lowest BCUT2D eigenvalue weighted by molar-refractivity contribution is 0.0322. The van der Waals surface area contributed by atoms with E-state index in [9.17, 15) is 0 Å². The Balaban J connectivity index is 0.00000300. The molecule has 3 N–H and O–H groups in total. The number of rotatable bonds is 8. The van der Waals surface area contributed by atoms with E-state index < -0.39 is 0 Å². The van der Waals surface area contributed by atoms with Crippen LogP contribution in [0.25, 0.3) is 0 Å². The van der Waals surface area contributed by atoms with Gasteiger partial charge in [-0.3, -0.25) is 4.90 Å². The Bertz CT molecular complexity index is 782. The molecule has 0 atom stereocenters. The van der Waals surface area contributed by atoms with Crippen LogP contribution in [0.3, 0.4) is 0 Å². The number of benzene rings is 2. The van der Waals surface area contributed by atoms with Crippen LogP contribution in [0.5, 0.6) is 11.5 Å². The highest BCUT2D eigenvalue weighted by Gasteiger charge is 2.10. The molecule has 1 saturated heterocycles. The molecular formula is C21H29IN4O3. The molecule has 0 amide bonds. The summed E-state index contributed by atoms with van der Waals surface area (Å²) in [5.74, 6) is 1.95. The summed E-state index contributed by atoms with van der Waals surface area (Å²) in [5, 5.41) is 3.08. The van der Waals surface area contributed by atoms with Gasteiger partial charge >= 0.3 is 0 Å². The van der Waals surface area contributed by atoms with Crippen LogP contribution in [0, 0.1) is 0 Å². The van der Waals surface area contributed by atoms with Gasteiger partial charge in [0.2, 0.25) is 0 Å². The SMILES string of the molecule is COc1cccc(NC(N)=NCc2ccccc2OCCN2CCOCC2)c1.I. The van der Waals surface area contributed by atoms with E-state index in [4.69, 9.17) is 19.9 Å². The van der Waals surface area contributed by atoms with Gasteiger partial charge in [-0.2, -0.15) is 0 Å². The molecule has 2 aromatic rings. The van der Waals surface area contributed by atoms with Crippen molar-refractivity contribution < 1.29 is 14.2 Å². The Kier molecular flexibility index (Phi) is 10.0. The van der Waals surface area contributed by atoms with Gasteiger partial charge in [0.05, 0.1) is 26.9 Å². The number of ether oxygens (including phenoxy) is 3. The molecule has 0 bridgehead atoms. The number of morpholine rings is 1. The van der Waals surface area contributed by atoms with Gasteiger partial charge in [-0.25, -0.2) is 4.99 Å². The molecule has 3 rings (SSSR count). The van der Waals surface area contributed by atoms with Crippen molar-refractivity contribution in [2.75, 3.05) is 51.9 Å². The molecule has 2 aromatic carbocycles. The van der Waals surface area contributed by atoms with Crippen molar-refractivity contribution in [3.8, 4) is 11.5 Å². The number of nitrogens with one attached hydrogen (secondary N) is 1. The van der Waals surface area contributed by atoms with Crippen LogP contribution in [-0.4, -0.2) is 57.4 Å².